The number of piperazine rings is 1. The fourth-order valence-electron chi connectivity index (χ4n) is 2.33. The highest BCUT2D eigenvalue weighted by Gasteiger charge is 2.47. The summed E-state index contributed by atoms with van der Waals surface area (Å²) in [5.74, 6) is -4.42. The number of benzene rings is 1. The molecule has 3 nitrogen and oxygen atoms in total. The Kier molecular flexibility index (Phi) is 4.74. The van der Waals surface area contributed by atoms with Crippen molar-refractivity contribution in [2.45, 2.75) is 12.2 Å². The van der Waals surface area contributed by atoms with Crippen LogP contribution in [-0.4, -0.2) is 42.4 Å². The molecule has 21 heavy (non-hydrogen) atoms. The zero-order chi connectivity index (χ0) is 15.8. The van der Waals surface area contributed by atoms with Crippen LogP contribution in [0.3, 0.4) is 0 Å². The largest absolute Gasteiger partial charge is 0.505 e. The molecule has 1 aromatic carbocycles. The number of aromatic hydroxyl groups is 1. The van der Waals surface area contributed by atoms with Gasteiger partial charge in [-0.25, -0.2) is 4.39 Å². The molecule has 1 heterocycles. The van der Waals surface area contributed by atoms with Crippen molar-refractivity contribution >= 4 is 15.9 Å². The first-order chi connectivity index (χ1) is 9.73. The number of rotatable bonds is 2. The second-order valence-corrected chi connectivity index (χ2v) is 5.51. The van der Waals surface area contributed by atoms with Crippen molar-refractivity contribution in [2.75, 3.05) is 26.2 Å². The summed E-state index contributed by atoms with van der Waals surface area (Å²) in [4.78, 5) is 1.08. The molecule has 0 aromatic heterocycles. The van der Waals surface area contributed by atoms with Crippen LogP contribution >= 0.6 is 15.9 Å². The maximum atomic E-state index is 13.5. The monoisotopic (exact) mass is 374 g/mol. The smallest absolute Gasteiger partial charge is 0.408 e. The number of hydrogen-bond acceptors (Lipinski definition) is 3. The first-order valence-electron chi connectivity index (χ1n) is 6.11. The Hall–Kier alpha value is -0.930. The molecule has 0 amide bonds. The minimum atomic E-state index is -4.72. The molecule has 2 N–H and O–H groups in total. The van der Waals surface area contributed by atoms with Gasteiger partial charge in [-0.05, 0) is 22.0 Å². The van der Waals surface area contributed by atoms with Crippen LogP contribution < -0.4 is 5.32 Å². The van der Waals surface area contributed by atoms with E-state index in [1.165, 1.54) is 0 Å². The Morgan fingerprint density at radius 1 is 1.19 bits per heavy atom. The van der Waals surface area contributed by atoms with Gasteiger partial charge in [0, 0.05) is 31.7 Å². The topological polar surface area (TPSA) is 35.5 Å². The third-order valence-corrected chi connectivity index (χ3v) is 3.86. The van der Waals surface area contributed by atoms with Gasteiger partial charge in [0.25, 0.3) is 0 Å². The average molecular weight is 375 g/mol. The zero-order valence-corrected chi connectivity index (χ0v) is 12.2. The quantitative estimate of drug-likeness (QED) is 0.617. The van der Waals surface area contributed by atoms with E-state index in [1.807, 2.05) is 0 Å². The van der Waals surface area contributed by atoms with E-state index in [2.05, 4.69) is 21.2 Å². The van der Waals surface area contributed by atoms with Crippen molar-refractivity contribution in [3.05, 3.63) is 27.7 Å². The van der Waals surface area contributed by atoms with Crippen molar-refractivity contribution in [3.8, 4) is 5.75 Å². The lowest BCUT2D eigenvalue weighted by Crippen LogP contribution is -2.49. The molecule has 0 bridgehead atoms. The first-order valence-corrected chi connectivity index (χ1v) is 6.90. The SMILES string of the molecule is Oc1c([C@H](N2CCNCC2)C(F)(F)F)cc(Br)c(F)c1F. The highest BCUT2D eigenvalue weighted by Crippen LogP contribution is 2.43. The number of phenols is 1. The predicted molar refractivity (Wildman–Crippen MR) is 69.0 cm³/mol. The van der Waals surface area contributed by atoms with Gasteiger partial charge in [0.1, 0.15) is 6.04 Å². The van der Waals surface area contributed by atoms with Gasteiger partial charge < -0.3 is 10.4 Å². The lowest BCUT2D eigenvalue weighted by Gasteiger charge is -2.36. The van der Waals surface area contributed by atoms with Crippen LogP contribution in [0.25, 0.3) is 0 Å². The van der Waals surface area contributed by atoms with Gasteiger partial charge >= 0.3 is 6.18 Å². The van der Waals surface area contributed by atoms with E-state index >= 15 is 0 Å². The maximum Gasteiger partial charge on any atom is 0.408 e. The van der Waals surface area contributed by atoms with Crippen molar-refractivity contribution in [1.82, 2.24) is 10.2 Å². The molecule has 0 aliphatic carbocycles. The van der Waals surface area contributed by atoms with Crippen molar-refractivity contribution in [1.29, 1.82) is 0 Å². The summed E-state index contributed by atoms with van der Waals surface area (Å²) in [7, 11) is 0. The summed E-state index contributed by atoms with van der Waals surface area (Å²) in [6.07, 6.45) is -4.72. The molecule has 1 aromatic rings. The van der Waals surface area contributed by atoms with Crippen molar-refractivity contribution in [3.63, 3.8) is 0 Å². The number of alkyl halides is 3. The van der Waals surface area contributed by atoms with Gasteiger partial charge in [-0.15, -0.1) is 0 Å². The summed E-state index contributed by atoms with van der Waals surface area (Å²) in [5, 5.41) is 12.5. The number of phenolic OH excluding ortho intramolecular Hbond substituents is 1. The number of halogens is 6. The van der Waals surface area contributed by atoms with Gasteiger partial charge in [0.2, 0.25) is 5.82 Å². The Balaban J connectivity index is 2.51. The second kappa shape index (κ2) is 6.05. The van der Waals surface area contributed by atoms with Crippen molar-refractivity contribution in [2.24, 2.45) is 0 Å². The number of nitrogens with zero attached hydrogens (tertiary/aromatic N) is 1. The predicted octanol–water partition coefficient (Wildman–Crippen LogP) is 2.94. The van der Waals surface area contributed by atoms with Crippen LogP contribution in [0.4, 0.5) is 22.0 Å². The molecule has 0 radical (unpaired) electrons. The maximum absolute atomic E-state index is 13.5. The number of hydrogen-bond donors (Lipinski definition) is 2. The highest BCUT2D eigenvalue weighted by molar-refractivity contribution is 9.10. The van der Waals surface area contributed by atoms with E-state index in [0.717, 1.165) is 11.0 Å². The summed E-state index contributed by atoms with van der Waals surface area (Å²) >= 11 is 2.67. The van der Waals surface area contributed by atoms with E-state index in [0.29, 0.717) is 13.1 Å². The van der Waals surface area contributed by atoms with E-state index < -0.39 is 39.6 Å². The Morgan fingerprint density at radius 2 is 1.76 bits per heavy atom. The molecule has 0 spiro atoms. The Labute approximate surface area is 125 Å². The highest BCUT2D eigenvalue weighted by atomic mass is 79.9. The third-order valence-electron chi connectivity index (χ3n) is 3.29. The summed E-state index contributed by atoms with van der Waals surface area (Å²) in [6.45, 7) is 0.858. The summed E-state index contributed by atoms with van der Waals surface area (Å²) < 4.78 is 66.3. The Morgan fingerprint density at radius 3 is 2.29 bits per heavy atom. The van der Waals surface area contributed by atoms with Crippen molar-refractivity contribution < 1.29 is 27.1 Å². The van der Waals surface area contributed by atoms with Crippen LogP contribution in [-0.2, 0) is 0 Å². The first kappa shape index (κ1) is 16.4. The fraction of sp³-hybridized carbons (Fsp3) is 0.500. The fourth-order valence-corrected chi connectivity index (χ4v) is 2.75. The van der Waals surface area contributed by atoms with Gasteiger partial charge in [-0.3, -0.25) is 4.90 Å². The molecule has 1 aliphatic rings. The van der Waals surface area contributed by atoms with Crippen LogP contribution in [0.5, 0.6) is 5.75 Å². The summed E-state index contributed by atoms with van der Waals surface area (Å²) in [6, 6.07) is -1.42. The van der Waals surface area contributed by atoms with E-state index in [1.54, 1.807) is 0 Å². The molecule has 2 rings (SSSR count). The molecule has 0 unspecified atom stereocenters. The van der Waals surface area contributed by atoms with Gasteiger partial charge in [-0.2, -0.15) is 17.6 Å². The molecule has 9 heteroatoms. The standard InChI is InChI=1S/C12H12BrF5N2O/c13-7-5-6(10(21)9(15)8(7)14)11(12(16,17)18)20-3-1-19-2-4-20/h5,11,19,21H,1-4H2/t11-/m0/s1. The lowest BCUT2D eigenvalue weighted by molar-refractivity contribution is -0.188. The second-order valence-electron chi connectivity index (χ2n) is 4.65. The molecule has 0 saturated carbocycles. The normalized spacial score (nSPS) is 18.8. The summed E-state index contributed by atoms with van der Waals surface area (Å²) in [5.41, 5.74) is -0.699. The van der Waals surface area contributed by atoms with E-state index in [9.17, 15) is 27.1 Å². The minimum Gasteiger partial charge on any atom is -0.505 e. The molecule has 1 atom stereocenters. The number of nitrogens with one attached hydrogen (secondary N) is 1. The zero-order valence-electron chi connectivity index (χ0n) is 10.6. The van der Waals surface area contributed by atoms with Gasteiger partial charge in [-0.1, -0.05) is 0 Å². The minimum absolute atomic E-state index is 0.0836. The van der Waals surface area contributed by atoms with E-state index in [-0.39, 0.29) is 13.1 Å². The van der Waals surface area contributed by atoms with E-state index in [4.69, 9.17) is 0 Å². The molecule has 1 fully saturated rings. The van der Waals surface area contributed by atoms with Gasteiger partial charge in [0.05, 0.1) is 4.47 Å². The molecular formula is C12H12BrF5N2O. The third kappa shape index (κ3) is 3.29. The van der Waals surface area contributed by atoms with Crippen LogP contribution in [0.15, 0.2) is 10.5 Å². The molecular weight excluding hydrogens is 363 g/mol. The van der Waals surface area contributed by atoms with Crippen LogP contribution in [0.2, 0.25) is 0 Å². The average Bonchev–Trinajstić information content (AvgIpc) is 2.42. The Bertz CT molecular complexity index is 531. The molecule has 118 valence electrons. The molecule has 1 aliphatic heterocycles. The molecule has 1 saturated heterocycles. The lowest BCUT2D eigenvalue weighted by atomic mass is 10.0. The van der Waals surface area contributed by atoms with Crippen LogP contribution in [0, 0.1) is 11.6 Å². The van der Waals surface area contributed by atoms with Gasteiger partial charge in [0.15, 0.2) is 11.6 Å². The van der Waals surface area contributed by atoms with Crippen LogP contribution in [0.1, 0.15) is 11.6 Å².